The first-order valence-electron chi connectivity index (χ1n) is 5.62. The second-order valence-electron chi connectivity index (χ2n) is 4.77. The molecule has 1 aromatic carbocycles. The lowest BCUT2D eigenvalue weighted by Crippen LogP contribution is -2.42. The molecular formula is C13H15BrO3. The highest BCUT2D eigenvalue weighted by Gasteiger charge is 2.48. The van der Waals surface area contributed by atoms with Crippen LogP contribution in [0.1, 0.15) is 36.0 Å². The van der Waals surface area contributed by atoms with Crippen molar-refractivity contribution >= 4 is 21.9 Å². The molecule has 92 valence electrons. The van der Waals surface area contributed by atoms with Crippen molar-refractivity contribution in [2.24, 2.45) is 0 Å². The Morgan fingerprint density at radius 1 is 1.41 bits per heavy atom. The molecule has 3 nitrogen and oxygen atoms in total. The van der Waals surface area contributed by atoms with Gasteiger partial charge in [-0.15, -0.1) is 0 Å². The highest BCUT2D eigenvalue weighted by Crippen LogP contribution is 2.49. The molecule has 0 heterocycles. The summed E-state index contributed by atoms with van der Waals surface area (Å²) in [5, 5.41) is 19.5. The Labute approximate surface area is 109 Å². The second-order valence-corrected chi connectivity index (χ2v) is 5.56. The first kappa shape index (κ1) is 12.4. The number of hydrogen-bond acceptors (Lipinski definition) is 2. The van der Waals surface area contributed by atoms with Gasteiger partial charge in [0.05, 0.1) is 9.89 Å². The van der Waals surface area contributed by atoms with Crippen LogP contribution in [0, 0.1) is 13.8 Å². The largest absolute Gasteiger partial charge is 0.506 e. The zero-order valence-electron chi connectivity index (χ0n) is 9.88. The number of carboxylic acid groups (broad SMARTS) is 1. The molecule has 4 heteroatoms. The average Bonchev–Trinajstić information content (AvgIpc) is 2.20. The minimum atomic E-state index is -0.884. The van der Waals surface area contributed by atoms with Gasteiger partial charge in [0.1, 0.15) is 5.75 Å². The fraction of sp³-hybridized carbons (Fsp3) is 0.462. The number of benzene rings is 1. The molecular weight excluding hydrogens is 284 g/mol. The lowest BCUT2D eigenvalue weighted by Gasteiger charge is -2.39. The molecule has 0 atom stereocenters. The van der Waals surface area contributed by atoms with Crippen LogP contribution in [0.25, 0.3) is 0 Å². The standard InChI is InChI=1S/C13H15BrO3/c1-7-6-9(11(15)10(14)8(7)2)13(12(16)17)4-3-5-13/h6,15H,3-5H2,1-2H3,(H,16,17). The van der Waals surface area contributed by atoms with Crippen molar-refractivity contribution in [2.75, 3.05) is 0 Å². The minimum Gasteiger partial charge on any atom is -0.506 e. The first-order valence-corrected chi connectivity index (χ1v) is 6.42. The van der Waals surface area contributed by atoms with Crippen LogP contribution >= 0.6 is 15.9 Å². The maximum atomic E-state index is 11.4. The van der Waals surface area contributed by atoms with Crippen LogP contribution in [0.5, 0.6) is 5.75 Å². The third kappa shape index (κ3) is 1.66. The Morgan fingerprint density at radius 3 is 2.41 bits per heavy atom. The van der Waals surface area contributed by atoms with Crippen LogP contribution in [0.3, 0.4) is 0 Å². The van der Waals surface area contributed by atoms with Gasteiger partial charge in [0.25, 0.3) is 0 Å². The summed E-state index contributed by atoms with van der Waals surface area (Å²) in [4.78, 5) is 11.4. The molecule has 1 fully saturated rings. The van der Waals surface area contributed by atoms with Crippen molar-refractivity contribution in [1.82, 2.24) is 0 Å². The Balaban J connectivity index is 2.64. The van der Waals surface area contributed by atoms with E-state index in [9.17, 15) is 15.0 Å². The Morgan fingerprint density at radius 2 is 2.00 bits per heavy atom. The van der Waals surface area contributed by atoms with Gasteiger partial charge in [-0.25, -0.2) is 0 Å². The maximum absolute atomic E-state index is 11.4. The molecule has 0 aromatic heterocycles. The van der Waals surface area contributed by atoms with Crippen LogP contribution in [0.15, 0.2) is 10.5 Å². The molecule has 2 N–H and O–H groups in total. The molecule has 0 spiro atoms. The molecule has 0 saturated heterocycles. The quantitative estimate of drug-likeness (QED) is 0.881. The lowest BCUT2D eigenvalue weighted by molar-refractivity contribution is -0.147. The summed E-state index contributed by atoms with van der Waals surface area (Å²) in [6, 6.07) is 1.81. The van der Waals surface area contributed by atoms with E-state index < -0.39 is 11.4 Å². The van der Waals surface area contributed by atoms with Crippen LogP contribution in [0.2, 0.25) is 0 Å². The van der Waals surface area contributed by atoms with Crippen molar-refractivity contribution < 1.29 is 15.0 Å². The SMILES string of the molecule is Cc1cc(C2(C(=O)O)CCC2)c(O)c(Br)c1C. The molecule has 0 aliphatic heterocycles. The fourth-order valence-electron chi connectivity index (χ4n) is 2.36. The summed E-state index contributed by atoms with van der Waals surface area (Å²) in [7, 11) is 0. The van der Waals surface area contributed by atoms with Gasteiger partial charge in [0.2, 0.25) is 0 Å². The number of phenolic OH excluding ortho intramolecular Hbond substituents is 1. The van der Waals surface area contributed by atoms with Gasteiger partial charge in [-0.05, 0) is 53.7 Å². The number of phenols is 1. The summed E-state index contributed by atoms with van der Waals surface area (Å²) in [5.74, 6) is -0.760. The van der Waals surface area contributed by atoms with Crippen molar-refractivity contribution in [3.63, 3.8) is 0 Å². The molecule has 1 aliphatic rings. The molecule has 1 saturated carbocycles. The van der Waals surface area contributed by atoms with E-state index in [2.05, 4.69) is 15.9 Å². The normalized spacial score (nSPS) is 17.6. The molecule has 1 aliphatic carbocycles. The number of aryl methyl sites for hydroxylation is 1. The number of hydrogen-bond donors (Lipinski definition) is 2. The minimum absolute atomic E-state index is 0.0789. The first-order chi connectivity index (χ1) is 7.90. The third-order valence-corrected chi connectivity index (χ3v) is 4.85. The Kier molecular flexibility index (Phi) is 2.94. The van der Waals surface area contributed by atoms with E-state index in [-0.39, 0.29) is 5.75 Å². The molecule has 0 radical (unpaired) electrons. The number of rotatable bonds is 2. The number of carboxylic acids is 1. The van der Waals surface area contributed by atoms with Crippen LogP contribution in [-0.2, 0) is 10.2 Å². The molecule has 1 aromatic rings. The van der Waals surface area contributed by atoms with E-state index in [1.807, 2.05) is 19.9 Å². The summed E-state index contributed by atoms with van der Waals surface area (Å²) in [6.45, 7) is 3.83. The van der Waals surface area contributed by atoms with Crippen LogP contribution in [0.4, 0.5) is 0 Å². The van der Waals surface area contributed by atoms with E-state index in [0.717, 1.165) is 17.5 Å². The Hall–Kier alpha value is -1.03. The molecule has 0 amide bonds. The zero-order chi connectivity index (χ0) is 12.8. The third-order valence-electron chi connectivity index (χ3n) is 3.88. The van der Waals surface area contributed by atoms with Gasteiger partial charge in [-0.2, -0.15) is 0 Å². The van der Waals surface area contributed by atoms with Gasteiger partial charge in [0, 0.05) is 5.56 Å². The fourth-order valence-corrected chi connectivity index (χ4v) is 2.88. The monoisotopic (exact) mass is 298 g/mol. The number of halogens is 1. The number of carbonyl (C=O) groups is 1. The van der Waals surface area contributed by atoms with Gasteiger partial charge >= 0.3 is 5.97 Å². The second kappa shape index (κ2) is 4.02. The molecule has 17 heavy (non-hydrogen) atoms. The van der Waals surface area contributed by atoms with Gasteiger partial charge in [-0.1, -0.05) is 12.5 Å². The summed E-state index contributed by atoms with van der Waals surface area (Å²) >= 11 is 3.33. The van der Waals surface area contributed by atoms with Crippen LogP contribution < -0.4 is 0 Å². The smallest absolute Gasteiger partial charge is 0.314 e. The van der Waals surface area contributed by atoms with E-state index in [4.69, 9.17) is 0 Å². The van der Waals surface area contributed by atoms with Gasteiger partial charge in [0.15, 0.2) is 0 Å². The van der Waals surface area contributed by atoms with Crippen molar-refractivity contribution in [2.45, 2.75) is 38.5 Å². The van der Waals surface area contributed by atoms with Crippen molar-refractivity contribution in [1.29, 1.82) is 0 Å². The summed E-state index contributed by atoms with van der Waals surface area (Å²) < 4.78 is 0.611. The molecule has 0 unspecified atom stereocenters. The zero-order valence-corrected chi connectivity index (χ0v) is 11.5. The predicted molar refractivity (Wildman–Crippen MR) is 68.4 cm³/mol. The van der Waals surface area contributed by atoms with E-state index in [0.29, 0.717) is 22.9 Å². The van der Waals surface area contributed by atoms with Gasteiger partial charge in [-0.3, -0.25) is 4.79 Å². The molecule has 0 bridgehead atoms. The Bertz CT molecular complexity index is 490. The maximum Gasteiger partial charge on any atom is 0.314 e. The van der Waals surface area contributed by atoms with E-state index >= 15 is 0 Å². The highest BCUT2D eigenvalue weighted by molar-refractivity contribution is 9.10. The topological polar surface area (TPSA) is 57.5 Å². The number of aliphatic carboxylic acids is 1. The highest BCUT2D eigenvalue weighted by atomic mass is 79.9. The molecule has 2 rings (SSSR count). The summed E-state index contributed by atoms with van der Waals surface area (Å²) in [6.07, 6.45) is 2.10. The lowest BCUT2D eigenvalue weighted by atomic mass is 9.64. The van der Waals surface area contributed by atoms with E-state index in [1.54, 1.807) is 0 Å². The predicted octanol–water partition coefficient (Wildman–Crippen LogP) is 3.28. The van der Waals surface area contributed by atoms with E-state index in [1.165, 1.54) is 0 Å². The number of aromatic hydroxyl groups is 1. The van der Waals surface area contributed by atoms with Crippen LogP contribution in [-0.4, -0.2) is 16.2 Å². The average molecular weight is 299 g/mol. The van der Waals surface area contributed by atoms with Crippen molar-refractivity contribution in [3.05, 3.63) is 27.2 Å². The van der Waals surface area contributed by atoms with Gasteiger partial charge < -0.3 is 10.2 Å². The summed E-state index contributed by atoms with van der Waals surface area (Å²) in [5.41, 5.74) is 1.61. The van der Waals surface area contributed by atoms with Crippen molar-refractivity contribution in [3.8, 4) is 5.75 Å².